The van der Waals surface area contributed by atoms with Crippen molar-refractivity contribution in [2.24, 2.45) is 0 Å². The van der Waals surface area contributed by atoms with Gasteiger partial charge >= 0.3 is 0 Å². The molecule has 1 aromatic carbocycles. The van der Waals surface area contributed by atoms with E-state index in [1.54, 1.807) is 0 Å². The molecule has 3 fully saturated rings. The highest BCUT2D eigenvalue weighted by Gasteiger charge is 2.54. The third kappa shape index (κ3) is 3.52. The number of H-pyrrole nitrogens is 1. The number of benzene rings is 1. The second-order valence-corrected chi connectivity index (χ2v) is 12.3. The fraction of sp³-hybridized carbons (Fsp3) is 0.520. The molecule has 0 radical (unpaired) electrons. The second kappa shape index (κ2) is 8.32. The van der Waals surface area contributed by atoms with E-state index >= 15 is 0 Å². The van der Waals surface area contributed by atoms with Gasteiger partial charge < -0.3 is 19.9 Å². The molecule has 0 spiro atoms. The van der Waals surface area contributed by atoms with Crippen molar-refractivity contribution in [2.45, 2.75) is 48.6 Å². The summed E-state index contributed by atoms with van der Waals surface area (Å²) >= 11 is 0. The van der Waals surface area contributed by atoms with Crippen molar-refractivity contribution in [1.82, 2.24) is 20.3 Å². The molecular formula is C25H31N5O3S. The minimum absolute atomic E-state index is 0.149. The predicted octanol–water partition coefficient (Wildman–Crippen LogP) is 3.01. The number of sulfone groups is 1. The maximum Gasteiger partial charge on any atom is 0.164 e. The number of ether oxygens (including phenoxy) is 1. The third-order valence-corrected chi connectivity index (χ3v) is 10.7. The minimum Gasteiger partial charge on any atom is -0.377 e. The topological polar surface area (TPSA) is 100 Å². The molecule has 180 valence electrons. The van der Waals surface area contributed by atoms with E-state index in [2.05, 4.69) is 22.1 Å². The predicted molar refractivity (Wildman–Crippen MR) is 133 cm³/mol. The highest BCUT2D eigenvalue weighted by Crippen LogP contribution is 2.47. The van der Waals surface area contributed by atoms with Crippen LogP contribution in [0, 0.1) is 0 Å². The van der Waals surface area contributed by atoms with E-state index in [4.69, 9.17) is 14.7 Å². The molecule has 2 N–H and O–H groups in total. The number of nitrogens with one attached hydrogen (secondary N) is 2. The Balaban J connectivity index is 1.57. The highest BCUT2D eigenvalue weighted by molar-refractivity contribution is 7.93. The molecule has 9 heteroatoms. The zero-order chi connectivity index (χ0) is 23.3. The first kappa shape index (κ1) is 22.0. The maximum absolute atomic E-state index is 13.9. The molecule has 3 aliphatic rings. The van der Waals surface area contributed by atoms with E-state index in [1.165, 1.54) is 0 Å². The van der Waals surface area contributed by atoms with Crippen LogP contribution in [0.15, 0.2) is 36.5 Å². The summed E-state index contributed by atoms with van der Waals surface area (Å²) in [5, 5.41) is 4.14. The first-order chi connectivity index (χ1) is 16.5. The Morgan fingerprint density at radius 2 is 1.97 bits per heavy atom. The zero-order valence-electron chi connectivity index (χ0n) is 19.5. The average Bonchev–Trinajstić information content (AvgIpc) is 3.62. The van der Waals surface area contributed by atoms with Gasteiger partial charge in [-0.3, -0.25) is 0 Å². The summed E-state index contributed by atoms with van der Waals surface area (Å²) in [6, 6.07) is 10.2. The number of nitrogens with zero attached hydrogens (tertiary/aromatic N) is 3. The molecule has 1 aliphatic carbocycles. The summed E-state index contributed by atoms with van der Waals surface area (Å²) in [4.78, 5) is 15.5. The van der Waals surface area contributed by atoms with Crippen LogP contribution in [-0.2, 0) is 19.3 Å². The molecule has 1 atom stereocenters. The van der Waals surface area contributed by atoms with E-state index in [1.807, 2.05) is 36.5 Å². The van der Waals surface area contributed by atoms with Gasteiger partial charge in [-0.1, -0.05) is 12.1 Å². The summed E-state index contributed by atoms with van der Waals surface area (Å²) in [5.41, 5.74) is 2.57. The minimum atomic E-state index is -3.37. The summed E-state index contributed by atoms with van der Waals surface area (Å²) in [5.74, 6) is 1.37. The Bertz CT molecular complexity index is 1310. The molecule has 8 nitrogen and oxygen atoms in total. The van der Waals surface area contributed by atoms with Crippen molar-refractivity contribution in [3.63, 3.8) is 0 Å². The van der Waals surface area contributed by atoms with Crippen LogP contribution < -0.4 is 10.2 Å². The van der Waals surface area contributed by atoms with Crippen molar-refractivity contribution in [1.29, 1.82) is 0 Å². The van der Waals surface area contributed by atoms with Gasteiger partial charge in [0.2, 0.25) is 0 Å². The molecule has 0 amide bonds. The van der Waals surface area contributed by atoms with Crippen LogP contribution in [-0.4, -0.2) is 67.5 Å². The Morgan fingerprint density at radius 3 is 2.74 bits per heavy atom. The normalized spacial score (nSPS) is 23.3. The number of aromatic amines is 1. The van der Waals surface area contributed by atoms with Crippen LogP contribution in [0.4, 0.5) is 5.82 Å². The van der Waals surface area contributed by atoms with Gasteiger partial charge in [0.25, 0.3) is 0 Å². The lowest BCUT2D eigenvalue weighted by Crippen LogP contribution is -2.48. The van der Waals surface area contributed by atoms with Gasteiger partial charge in [0.15, 0.2) is 15.7 Å². The molecule has 0 bridgehead atoms. The van der Waals surface area contributed by atoms with Gasteiger partial charge in [-0.15, -0.1) is 0 Å². The fourth-order valence-electron chi connectivity index (χ4n) is 5.50. The number of hydrogen-bond acceptors (Lipinski definition) is 7. The number of aromatic nitrogens is 3. The molecule has 0 unspecified atom stereocenters. The smallest absolute Gasteiger partial charge is 0.164 e. The Morgan fingerprint density at radius 1 is 1.15 bits per heavy atom. The van der Waals surface area contributed by atoms with Crippen LogP contribution in [0.3, 0.4) is 0 Å². The van der Waals surface area contributed by atoms with E-state index in [-0.39, 0.29) is 11.3 Å². The molecule has 2 aliphatic heterocycles. The fourth-order valence-corrected chi connectivity index (χ4v) is 8.06. The van der Waals surface area contributed by atoms with E-state index in [0.29, 0.717) is 50.7 Å². The lowest BCUT2D eigenvalue weighted by atomic mass is 9.92. The van der Waals surface area contributed by atoms with Gasteiger partial charge in [-0.2, -0.15) is 0 Å². The van der Waals surface area contributed by atoms with Crippen molar-refractivity contribution < 1.29 is 13.2 Å². The van der Waals surface area contributed by atoms with Gasteiger partial charge in [0.1, 0.15) is 10.6 Å². The Labute approximate surface area is 200 Å². The quantitative estimate of drug-likeness (QED) is 0.578. The number of morpholine rings is 1. The van der Waals surface area contributed by atoms with E-state index in [9.17, 15) is 8.42 Å². The first-order valence-electron chi connectivity index (χ1n) is 12.2. The van der Waals surface area contributed by atoms with Crippen molar-refractivity contribution in [2.75, 3.05) is 37.7 Å². The third-order valence-electron chi connectivity index (χ3n) is 7.60. The SMILES string of the molecule is C[C@@H]1COCCN1c1cc(C2(S(=O)(=O)C3CC3)CCNCC2)nc(-c2cccc3[nH]ccc23)n1. The van der Waals surface area contributed by atoms with Crippen molar-refractivity contribution in [3.8, 4) is 11.4 Å². The lowest BCUT2D eigenvalue weighted by molar-refractivity contribution is 0.0985. The summed E-state index contributed by atoms with van der Waals surface area (Å²) < 4.78 is 32.5. The molecule has 1 saturated carbocycles. The number of hydrogen-bond donors (Lipinski definition) is 2. The molecule has 34 heavy (non-hydrogen) atoms. The van der Waals surface area contributed by atoms with Crippen LogP contribution in [0.1, 0.15) is 38.3 Å². The first-order valence-corrected chi connectivity index (χ1v) is 13.8. The van der Waals surface area contributed by atoms with Gasteiger partial charge in [0.05, 0.1) is 30.2 Å². The summed E-state index contributed by atoms with van der Waals surface area (Å²) in [6.45, 7) is 5.42. The van der Waals surface area contributed by atoms with Gasteiger partial charge in [-0.25, -0.2) is 18.4 Å². The molecule has 6 rings (SSSR count). The monoisotopic (exact) mass is 481 g/mol. The van der Waals surface area contributed by atoms with Crippen LogP contribution in [0.2, 0.25) is 0 Å². The summed E-state index contributed by atoms with van der Waals surface area (Å²) in [6.07, 6.45) is 4.50. The van der Waals surface area contributed by atoms with E-state index in [0.717, 1.165) is 41.7 Å². The summed E-state index contributed by atoms with van der Waals surface area (Å²) in [7, 11) is -3.37. The van der Waals surface area contributed by atoms with Crippen LogP contribution in [0.5, 0.6) is 0 Å². The average molecular weight is 482 g/mol. The zero-order valence-corrected chi connectivity index (χ0v) is 20.3. The highest BCUT2D eigenvalue weighted by atomic mass is 32.2. The molecule has 2 aromatic heterocycles. The Kier molecular flexibility index (Phi) is 5.38. The molecule has 3 aromatic rings. The number of fused-ring (bicyclic) bond motifs is 1. The number of anilines is 1. The van der Waals surface area contributed by atoms with Crippen LogP contribution in [0.25, 0.3) is 22.3 Å². The van der Waals surface area contributed by atoms with Crippen molar-refractivity contribution in [3.05, 3.63) is 42.2 Å². The van der Waals surface area contributed by atoms with Gasteiger partial charge in [0, 0.05) is 35.3 Å². The Hall–Kier alpha value is -2.49. The number of piperidine rings is 1. The second-order valence-electron chi connectivity index (χ2n) is 9.79. The molecule has 4 heterocycles. The maximum atomic E-state index is 13.9. The van der Waals surface area contributed by atoms with E-state index < -0.39 is 14.6 Å². The lowest BCUT2D eigenvalue weighted by Gasteiger charge is -2.38. The molecular weight excluding hydrogens is 450 g/mol. The van der Waals surface area contributed by atoms with Gasteiger partial charge in [-0.05, 0) is 57.8 Å². The largest absolute Gasteiger partial charge is 0.377 e. The molecule has 2 saturated heterocycles. The van der Waals surface area contributed by atoms with Crippen molar-refractivity contribution >= 4 is 26.6 Å². The number of rotatable bonds is 5. The standard InChI is InChI=1S/C25H31N5O3S/c1-17-16-33-14-13-30(17)23-15-22(25(8-11-26-12-9-25)34(31,32)18-5-6-18)28-24(29-23)20-3-2-4-21-19(20)7-10-27-21/h2-4,7,10,15,17-18,26-27H,5-6,8-9,11-14,16H2,1H3/t17-/m1/s1. The van der Waals surface area contributed by atoms with Crippen LogP contribution >= 0.6 is 0 Å².